The number of aliphatic hydroxyl groups is 1. The van der Waals surface area contributed by atoms with Crippen LogP contribution in [0.1, 0.15) is 42.2 Å². The van der Waals surface area contributed by atoms with Gasteiger partial charge in [0.15, 0.2) is 0 Å². The minimum absolute atomic E-state index is 0.00892. The number of ether oxygens (including phenoxy) is 1. The monoisotopic (exact) mass is 417 g/mol. The highest BCUT2D eigenvalue weighted by molar-refractivity contribution is 7.10. The van der Waals surface area contributed by atoms with E-state index in [1.54, 1.807) is 23.1 Å². The predicted molar refractivity (Wildman–Crippen MR) is 109 cm³/mol. The van der Waals surface area contributed by atoms with Crippen molar-refractivity contribution in [3.05, 3.63) is 56.7 Å². The average molecular weight is 418 g/mol. The van der Waals surface area contributed by atoms with Crippen LogP contribution in [0.4, 0.5) is 0 Å². The second-order valence-corrected chi connectivity index (χ2v) is 8.39. The van der Waals surface area contributed by atoms with Gasteiger partial charge in [0.25, 0.3) is 11.7 Å². The lowest BCUT2D eigenvalue weighted by Crippen LogP contribution is -2.37. The van der Waals surface area contributed by atoms with Crippen molar-refractivity contribution in [3.63, 3.8) is 0 Å². The summed E-state index contributed by atoms with van der Waals surface area (Å²) in [5, 5.41) is 13.3. The molecule has 0 radical (unpaired) electrons. The van der Waals surface area contributed by atoms with Gasteiger partial charge >= 0.3 is 0 Å². The van der Waals surface area contributed by atoms with Crippen LogP contribution in [-0.4, -0.2) is 34.8 Å². The number of Topliss-reactive ketones (excluding diaryl/α,β-unsaturated/α-hetero) is 1. The van der Waals surface area contributed by atoms with E-state index in [9.17, 15) is 14.7 Å². The van der Waals surface area contributed by atoms with E-state index in [2.05, 4.69) is 0 Å². The lowest BCUT2D eigenvalue weighted by atomic mass is 9.99. The van der Waals surface area contributed by atoms with Crippen LogP contribution in [0.25, 0.3) is 5.76 Å². The number of carbonyl (C=O) groups is 2. The van der Waals surface area contributed by atoms with E-state index in [1.165, 1.54) is 18.4 Å². The number of nitrogens with zero attached hydrogens (tertiary/aromatic N) is 1. The molecule has 0 bridgehead atoms. The first-order valence-corrected chi connectivity index (χ1v) is 10.5. The normalized spacial score (nSPS) is 22.2. The smallest absolute Gasteiger partial charge is 0.295 e. The first-order valence-electron chi connectivity index (χ1n) is 9.20. The van der Waals surface area contributed by atoms with Crippen molar-refractivity contribution in [2.45, 2.75) is 37.8 Å². The molecule has 1 unspecified atom stereocenters. The molecule has 1 aromatic carbocycles. The summed E-state index contributed by atoms with van der Waals surface area (Å²) in [6.45, 7) is 0. The molecule has 5 nitrogen and oxygen atoms in total. The molecule has 2 heterocycles. The van der Waals surface area contributed by atoms with Gasteiger partial charge in [-0.15, -0.1) is 11.3 Å². The van der Waals surface area contributed by atoms with Gasteiger partial charge in [-0.3, -0.25) is 9.59 Å². The number of amides is 1. The summed E-state index contributed by atoms with van der Waals surface area (Å²) in [5.74, 6) is -0.975. The molecule has 1 saturated heterocycles. The highest BCUT2D eigenvalue weighted by Gasteiger charge is 2.49. The maximum atomic E-state index is 13.0. The average Bonchev–Trinajstić information content (AvgIpc) is 3.44. The molecule has 4 rings (SSSR count). The van der Waals surface area contributed by atoms with E-state index < -0.39 is 17.7 Å². The van der Waals surface area contributed by atoms with Crippen molar-refractivity contribution >= 4 is 40.4 Å². The zero-order chi connectivity index (χ0) is 19.8. The molecule has 2 fully saturated rings. The van der Waals surface area contributed by atoms with Crippen molar-refractivity contribution < 1.29 is 19.4 Å². The molecule has 0 spiro atoms. The Kier molecular flexibility index (Phi) is 5.17. The summed E-state index contributed by atoms with van der Waals surface area (Å²) >= 11 is 7.76. The van der Waals surface area contributed by atoms with Gasteiger partial charge in [0.1, 0.15) is 11.5 Å². The minimum Gasteiger partial charge on any atom is -0.507 e. The second-order valence-electron chi connectivity index (χ2n) is 7.01. The number of carbonyl (C=O) groups excluding carboxylic acids is 2. The fraction of sp³-hybridized carbons (Fsp3) is 0.333. The standard InChI is InChI=1S/C21H20ClNO4S/c1-27-13-8-9-15(22)14(11-13)19(24)17-18(16-7-4-10-28-16)23(21(26)20(17)25)12-5-2-3-6-12/h4,7-12,18,24H,2-3,5-6H2,1H3/b19-17-. The van der Waals surface area contributed by atoms with Crippen LogP contribution in [0.5, 0.6) is 5.75 Å². The minimum atomic E-state index is -0.665. The summed E-state index contributed by atoms with van der Waals surface area (Å²) in [4.78, 5) is 28.4. The number of methoxy groups -OCH3 is 1. The second kappa shape index (κ2) is 7.60. The Morgan fingerprint density at radius 1 is 1.25 bits per heavy atom. The maximum Gasteiger partial charge on any atom is 0.295 e. The van der Waals surface area contributed by atoms with E-state index in [1.807, 2.05) is 17.5 Å². The van der Waals surface area contributed by atoms with E-state index in [4.69, 9.17) is 16.3 Å². The topological polar surface area (TPSA) is 66.8 Å². The zero-order valence-corrected chi connectivity index (χ0v) is 16.9. The zero-order valence-electron chi connectivity index (χ0n) is 15.4. The summed E-state index contributed by atoms with van der Waals surface area (Å²) in [6, 6.07) is 8.04. The van der Waals surface area contributed by atoms with E-state index in [-0.39, 0.29) is 28.0 Å². The lowest BCUT2D eigenvalue weighted by molar-refractivity contribution is -0.141. The van der Waals surface area contributed by atoms with E-state index >= 15 is 0 Å². The molecule has 1 N–H and O–H groups in total. The largest absolute Gasteiger partial charge is 0.507 e. The highest BCUT2D eigenvalue weighted by Crippen LogP contribution is 2.45. The van der Waals surface area contributed by atoms with Crippen molar-refractivity contribution in [3.8, 4) is 5.75 Å². The number of benzene rings is 1. The Labute approximate surface area is 172 Å². The molecule has 1 saturated carbocycles. The molecule has 1 aromatic heterocycles. The van der Waals surface area contributed by atoms with Gasteiger partial charge in [-0.2, -0.15) is 0 Å². The van der Waals surface area contributed by atoms with Crippen molar-refractivity contribution in [2.75, 3.05) is 7.11 Å². The van der Waals surface area contributed by atoms with Crippen LogP contribution in [0, 0.1) is 0 Å². The number of halogens is 1. The van der Waals surface area contributed by atoms with Crippen molar-refractivity contribution in [2.24, 2.45) is 0 Å². The third-order valence-corrected chi connectivity index (χ3v) is 6.69. The highest BCUT2D eigenvalue weighted by atomic mass is 35.5. The molecule has 1 aliphatic carbocycles. The first-order chi connectivity index (χ1) is 13.5. The molecular weight excluding hydrogens is 398 g/mol. The van der Waals surface area contributed by atoms with Crippen LogP contribution < -0.4 is 4.74 Å². The van der Waals surface area contributed by atoms with Crippen LogP contribution in [0.3, 0.4) is 0 Å². The predicted octanol–water partition coefficient (Wildman–Crippen LogP) is 4.77. The summed E-state index contributed by atoms with van der Waals surface area (Å²) in [5.41, 5.74) is 0.376. The van der Waals surface area contributed by atoms with E-state index in [0.717, 1.165) is 30.6 Å². The van der Waals surface area contributed by atoms with Crippen LogP contribution >= 0.6 is 22.9 Å². The third-order valence-electron chi connectivity index (χ3n) is 5.44. The maximum absolute atomic E-state index is 13.0. The molecule has 7 heteroatoms. The van der Waals surface area contributed by atoms with Crippen molar-refractivity contribution in [1.82, 2.24) is 4.90 Å². The van der Waals surface area contributed by atoms with Crippen LogP contribution in [-0.2, 0) is 9.59 Å². The quantitative estimate of drug-likeness (QED) is 0.442. The van der Waals surface area contributed by atoms with Gasteiger partial charge in [0.2, 0.25) is 0 Å². The number of aliphatic hydroxyl groups excluding tert-OH is 1. The van der Waals surface area contributed by atoms with Gasteiger partial charge in [0, 0.05) is 16.5 Å². The summed E-state index contributed by atoms with van der Waals surface area (Å²) in [6.07, 6.45) is 3.81. The van der Waals surface area contributed by atoms with Gasteiger partial charge in [-0.25, -0.2) is 0 Å². The number of hydrogen-bond donors (Lipinski definition) is 1. The summed E-state index contributed by atoms with van der Waals surface area (Å²) < 4.78 is 5.22. The first kappa shape index (κ1) is 19.0. The molecule has 2 aromatic rings. The molecule has 1 atom stereocenters. The Hall–Kier alpha value is -2.31. The third kappa shape index (κ3) is 3.10. The summed E-state index contributed by atoms with van der Waals surface area (Å²) in [7, 11) is 1.51. The molecule has 146 valence electrons. The van der Waals surface area contributed by atoms with Gasteiger partial charge in [-0.05, 0) is 42.5 Å². The van der Waals surface area contributed by atoms with Crippen LogP contribution in [0.2, 0.25) is 5.02 Å². The molecular formula is C21H20ClNO4S. The lowest BCUT2D eigenvalue weighted by Gasteiger charge is -2.29. The number of ketones is 1. The number of rotatable bonds is 4. The van der Waals surface area contributed by atoms with E-state index in [0.29, 0.717) is 5.75 Å². The Bertz CT molecular complexity index is 947. The fourth-order valence-corrected chi connectivity index (χ4v) is 5.13. The van der Waals surface area contributed by atoms with Gasteiger partial charge < -0.3 is 14.7 Å². The Morgan fingerprint density at radius 3 is 2.64 bits per heavy atom. The van der Waals surface area contributed by atoms with Crippen LogP contribution in [0.15, 0.2) is 41.3 Å². The van der Waals surface area contributed by atoms with Gasteiger partial charge in [0.05, 0.1) is 23.7 Å². The SMILES string of the molecule is COc1ccc(Cl)c(/C(O)=C2/C(=O)C(=O)N(C3CCCC3)C2c2cccs2)c1. The Balaban J connectivity index is 1.89. The Morgan fingerprint density at radius 2 is 2.00 bits per heavy atom. The molecule has 28 heavy (non-hydrogen) atoms. The number of thiophene rings is 1. The molecule has 1 amide bonds. The molecule has 2 aliphatic rings. The van der Waals surface area contributed by atoms with Gasteiger partial charge in [-0.1, -0.05) is 30.5 Å². The molecule has 1 aliphatic heterocycles. The number of hydrogen-bond acceptors (Lipinski definition) is 5. The fourth-order valence-electron chi connectivity index (χ4n) is 4.09. The van der Waals surface area contributed by atoms with Crippen molar-refractivity contribution in [1.29, 1.82) is 0 Å². The number of likely N-dealkylation sites (tertiary alicyclic amines) is 1.